The van der Waals surface area contributed by atoms with Crippen LogP contribution in [0.4, 0.5) is 0 Å². The summed E-state index contributed by atoms with van der Waals surface area (Å²) < 4.78 is 0. The van der Waals surface area contributed by atoms with Crippen molar-refractivity contribution in [3.63, 3.8) is 0 Å². The summed E-state index contributed by atoms with van der Waals surface area (Å²) in [5, 5.41) is 11.7. The highest BCUT2D eigenvalue weighted by Crippen LogP contribution is 2.36. The number of rotatable bonds is 3. The molecular weight excluding hydrogens is 182 g/mol. The molecule has 0 heterocycles. The molecule has 1 saturated carbocycles. The number of carboxylic acids is 1. The van der Waals surface area contributed by atoms with Crippen LogP contribution in [0.3, 0.4) is 0 Å². The molecule has 0 bridgehead atoms. The number of hydrogen-bond acceptors (Lipinski definition) is 2. The van der Waals surface area contributed by atoms with Crippen molar-refractivity contribution in [3.05, 3.63) is 0 Å². The van der Waals surface area contributed by atoms with E-state index >= 15 is 0 Å². The maximum Gasteiger partial charge on any atom is 0.329 e. The van der Waals surface area contributed by atoms with E-state index in [0.717, 1.165) is 12.8 Å². The molecule has 3 atom stereocenters. The Morgan fingerprint density at radius 1 is 1.50 bits per heavy atom. The molecule has 80 valence electrons. The van der Waals surface area contributed by atoms with Gasteiger partial charge in [0.05, 0.1) is 0 Å². The molecule has 0 aliphatic heterocycles. The minimum Gasteiger partial charge on any atom is -0.479 e. The predicted octanol–water partition coefficient (Wildman–Crippen LogP) is 1.01. The fourth-order valence-electron chi connectivity index (χ4n) is 2.30. The summed E-state index contributed by atoms with van der Waals surface area (Å²) in [6.07, 6.45) is 2.93. The lowest BCUT2D eigenvalue weighted by atomic mass is 9.70. The van der Waals surface area contributed by atoms with Crippen LogP contribution in [0, 0.1) is 11.8 Å². The molecule has 1 rings (SSSR count). The quantitative estimate of drug-likeness (QED) is 0.667. The van der Waals surface area contributed by atoms with Gasteiger partial charge in [-0.05, 0) is 24.7 Å². The topological polar surface area (TPSA) is 66.4 Å². The van der Waals surface area contributed by atoms with E-state index in [-0.39, 0.29) is 5.92 Å². The Hall–Kier alpha value is -1.06. The third-order valence-electron chi connectivity index (χ3n) is 3.30. The average molecular weight is 199 g/mol. The Balaban J connectivity index is 2.91. The zero-order chi connectivity index (χ0) is 10.8. The van der Waals surface area contributed by atoms with Crippen LogP contribution in [0.1, 0.15) is 33.1 Å². The zero-order valence-corrected chi connectivity index (χ0v) is 8.62. The van der Waals surface area contributed by atoms with Gasteiger partial charge in [0.15, 0.2) is 0 Å². The van der Waals surface area contributed by atoms with Gasteiger partial charge >= 0.3 is 5.97 Å². The Morgan fingerprint density at radius 3 is 2.64 bits per heavy atom. The van der Waals surface area contributed by atoms with E-state index < -0.39 is 11.5 Å². The summed E-state index contributed by atoms with van der Waals surface area (Å²) in [6.45, 7) is 3.91. The fourth-order valence-corrected chi connectivity index (χ4v) is 2.30. The largest absolute Gasteiger partial charge is 0.479 e. The van der Waals surface area contributed by atoms with Gasteiger partial charge in [0.25, 0.3) is 0 Å². The molecule has 2 N–H and O–H groups in total. The van der Waals surface area contributed by atoms with Crippen LogP contribution in [0.2, 0.25) is 0 Å². The number of aliphatic carboxylic acids is 1. The number of carboxylic acid groups (broad SMARTS) is 1. The van der Waals surface area contributed by atoms with Crippen LogP contribution in [-0.4, -0.2) is 23.0 Å². The zero-order valence-electron chi connectivity index (χ0n) is 8.62. The highest BCUT2D eigenvalue weighted by atomic mass is 16.4. The molecule has 4 nitrogen and oxygen atoms in total. The van der Waals surface area contributed by atoms with Crippen LogP contribution >= 0.6 is 0 Å². The molecule has 0 aromatic heterocycles. The van der Waals surface area contributed by atoms with Crippen molar-refractivity contribution in [3.8, 4) is 0 Å². The SMILES string of the molecule is CC1CCC(C)C(NC=O)(C(=O)O)C1. The van der Waals surface area contributed by atoms with Crippen LogP contribution in [-0.2, 0) is 9.59 Å². The monoisotopic (exact) mass is 199 g/mol. The molecule has 1 aliphatic rings. The van der Waals surface area contributed by atoms with Crippen molar-refractivity contribution in [1.29, 1.82) is 0 Å². The van der Waals surface area contributed by atoms with E-state index in [1.165, 1.54) is 0 Å². The first-order valence-electron chi connectivity index (χ1n) is 4.97. The first-order valence-corrected chi connectivity index (χ1v) is 4.97. The Bertz CT molecular complexity index is 242. The number of nitrogens with one attached hydrogen (secondary N) is 1. The van der Waals surface area contributed by atoms with Crippen LogP contribution in [0.25, 0.3) is 0 Å². The molecule has 0 aromatic rings. The van der Waals surface area contributed by atoms with Gasteiger partial charge in [-0.3, -0.25) is 4.79 Å². The van der Waals surface area contributed by atoms with E-state index in [1.807, 2.05) is 13.8 Å². The third kappa shape index (κ3) is 1.74. The molecule has 4 heteroatoms. The van der Waals surface area contributed by atoms with Gasteiger partial charge < -0.3 is 10.4 Å². The lowest BCUT2D eigenvalue weighted by Gasteiger charge is -2.41. The molecule has 1 amide bonds. The minimum absolute atomic E-state index is 0.00130. The third-order valence-corrected chi connectivity index (χ3v) is 3.30. The van der Waals surface area contributed by atoms with Crippen LogP contribution < -0.4 is 5.32 Å². The molecule has 0 aromatic carbocycles. The number of amides is 1. The lowest BCUT2D eigenvalue weighted by molar-refractivity contribution is -0.151. The van der Waals surface area contributed by atoms with Gasteiger partial charge in [-0.25, -0.2) is 4.79 Å². The molecule has 0 spiro atoms. The second kappa shape index (κ2) is 3.98. The van der Waals surface area contributed by atoms with E-state index in [4.69, 9.17) is 0 Å². The van der Waals surface area contributed by atoms with E-state index in [9.17, 15) is 14.7 Å². The van der Waals surface area contributed by atoms with Gasteiger partial charge in [-0.1, -0.05) is 20.3 Å². The predicted molar refractivity (Wildman–Crippen MR) is 51.7 cm³/mol. The maximum atomic E-state index is 11.2. The summed E-state index contributed by atoms with van der Waals surface area (Å²) in [4.78, 5) is 21.7. The minimum atomic E-state index is -1.04. The average Bonchev–Trinajstić information content (AvgIpc) is 2.11. The van der Waals surface area contributed by atoms with E-state index in [2.05, 4.69) is 5.32 Å². The standard InChI is InChI=1S/C10H17NO3/c1-7-3-4-8(2)10(5-7,9(13)14)11-6-12/h6-8H,3-5H2,1-2H3,(H,11,12)(H,13,14). The smallest absolute Gasteiger partial charge is 0.329 e. The molecule has 1 fully saturated rings. The molecule has 1 aliphatic carbocycles. The Labute approximate surface area is 83.7 Å². The van der Waals surface area contributed by atoms with Crippen molar-refractivity contribution >= 4 is 12.4 Å². The van der Waals surface area contributed by atoms with Crippen molar-refractivity contribution in [2.45, 2.75) is 38.6 Å². The van der Waals surface area contributed by atoms with Crippen LogP contribution in [0.5, 0.6) is 0 Å². The van der Waals surface area contributed by atoms with Crippen molar-refractivity contribution in [2.24, 2.45) is 11.8 Å². The van der Waals surface area contributed by atoms with Crippen molar-refractivity contribution in [2.75, 3.05) is 0 Å². The van der Waals surface area contributed by atoms with Gasteiger partial charge in [0.1, 0.15) is 5.54 Å². The summed E-state index contributed by atoms with van der Waals surface area (Å²) in [7, 11) is 0. The maximum absolute atomic E-state index is 11.2. The van der Waals surface area contributed by atoms with Gasteiger partial charge in [0.2, 0.25) is 6.41 Å². The molecule has 3 unspecified atom stereocenters. The Morgan fingerprint density at radius 2 is 2.14 bits per heavy atom. The van der Waals surface area contributed by atoms with Crippen molar-refractivity contribution < 1.29 is 14.7 Å². The second-order valence-corrected chi connectivity index (χ2v) is 4.33. The van der Waals surface area contributed by atoms with Crippen LogP contribution in [0.15, 0.2) is 0 Å². The second-order valence-electron chi connectivity index (χ2n) is 4.33. The summed E-state index contributed by atoms with van der Waals surface area (Å²) in [6, 6.07) is 0. The highest BCUT2D eigenvalue weighted by Gasteiger charge is 2.46. The summed E-state index contributed by atoms with van der Waals surface area (Å²) in [5.74, 6) is -0.556. The fraction of sp³-hybridized carbons (Fsp3) is 0.800. The molecule has 0 radical (unpaired) electrons. The van der Waals surface area contributed by atoms with E-state index in [1.54, 1.807) is 0 Å². The van der Waals surface area contributed by atoms with Gasteiger partial charge in [0, 0.05) is 0 Å². The Kier molecular flexibility index (Phi) is 3.13. The van der Waals surface area contributed by atoms with E-state index in [0.29, 0.717) is 18.7 Å². The summed E-state index contributed by atoms with van der Waals surface area (Å²) >= 11 is 0. The molecule has 0 saturated heterocycles. The number of carbonyl (C=O) groups excluding carboxylic acids is 1. The first kappa shape index (κ1) is 11.0. The van der Waals surface area contributed by atoms with Gasteiger partial charge in [-0.2, -0.15) is 0 Å². The molecule has 14 heavy (non-hydrogen) atoms. The lowest BCUT2D eigenvalue weighted by Crippen LogP contribution is -2.58. The first-order chi connectivity index (χ1) is 6.53. The van der Waals surface area contributed by atoms with Gasteiger partial charge in [-0.15, -0.1) is 0 Å². The number of carbonyl (C=O) groups is 2. The summed E-state index contributed by atoms with van der Waals surface area (Å²) in [5.41, 5.74) is -1.04. The van der Waals surface area contributed by atoms with Crippen molar-refractivity contribution in [1.82, 2.24) is 5.32 Å². The molecular formula is C10H17NO3. The normalized spacial score (nSPS) is 37.6. The highest BCUT2D eigenvalue weighted by molar-refractivity contribution is 5.82. The number of hydrogen-bond donors (Lipinski definition) is 2.